The third-order valence-corrected chi connectivity index (χ3v) is 3.76. The molecule has 2 N–H and O–H groups in total. The number of ether oxygens (including phenoxy) is 1. The molecule has 2 aromatic heterocycles. The first-order valence-corrected chi connectivity index (χ1v) is 7.21. The number of thiophene rings is 1. The van der Waals surface area contributed by atoms with Gasteiger partial charge in [0.25, 0.3) is 0 Å². The fourth-order valence-corrected chi connectivity index (χ4v) is 2.80. The molecule has 0 bridgehead atoms. The molecule has 0 aliphatic rings. The molecule has 0 radical (unpaired) electrons. The zero-order valence-electron chi connectivity index (χ0n) is 11.8. The van der Waals surface area contributed by atoms with Crippen LogP contribution in [0.15, 0.2) is 5.38 Å². The van der Waals surface area contributed by atoms with Crippen LogP contribution in [0.25, 0.3) is 10.2 Å². The van der Waals surface area contributed by atoms with Gasteiger partial charge in [0.1, 0.15) is 16.5 Å². The largest absolute Gasteiger partial charge is 0.383 e. The fourth-order valence-electron chi connectivity index (χ4n) is 1.84. The molecular formula is C13H18N4O2S. The highest BCUT2D eigenvalue weighted by Gasteiger charge is 2.11. The molecule has 0 aromatic carbocycles. The van der Waals surface area contributed by atoms with Gasteiger partial charge in [0.05, 0.1) is 18.5 Å². The summed E-state index contributed by atoms with van der Waals surface area (Å²) in [6.45, 7) is 5.06. The summed E-state index contributed by atoms with van der Waals surface area (Å²) in [5, 5.41) is 8.88. The number of nitrogens with one attached hydrogen (secondary N) is 2. The molecule has 0 aliphatic carbocycles. The molecule has 0 atom stereocenters. The van der Waals surface area contributed by atoms with E-state index in [1.165, 1.54) is 0 Å². The number of hydrogen-bond acceptors (Lipinski definition) is 6. The second-order valence-electron chi connectivity index (χ2n) is 4.41. The van der Waals surface area contributed by atoms with Crippen molar-refractivity contribution in [1.82, 2.24) is 15.3 Å². The van der Waals surface area contributed by atoms with Crippen LogP contribution in [0.1, 0.15) is 11.4 Å². The molecule has 2 rings (SSSR count). The first-order chi connectivity index (χ1) is 9.61. The van der Waals surface area contributed by atoms with E-state index in [4.69, 9.17) is 4.74 Å². The minimum Gasteiger partial charge on any atom is -0.383 e. The van der Waals surface area contributed by atoms with Crippen molar-refractivity contribution in [2.24, 2.45) is 0 Å². The van der Waals surface area contributed by atoms with Gasteiger partial charge in [-0.15, -0.1) is 11.3 Å². The van der Waals surface area contributed by atoms with Gasteiger partial charge in [0, 0.05) is 13.7 Å². The highest BCUT2D eigenvalue weighted by Crippen LogP contribution is 2.29. The summed E-state index contributed by atoms with van der Waals surface area (Å²) >= 11 is 1.59. The van der Waals surface area contributed by atoms with Gasteiger partial charge in [0.15, 0.2) is 0 Å². The summed E-state index contributed by atoms with van der Waals surface area (Å²) in [4.78, 5) is 21.4. The highest BCUT2D eigenvalue weighted by atomic mass is 32.1. The molecule has 1 amide bonds. The Kier molecular flexibility index (Phi) is 4.86. The van der Waals surface area contributed by atoms with Crippen LogP contribution in [-0.2, 0) is 9.53 Å². The Balaban J connectivity index is 2.06. The van der Waals surface area contributed by atoms with E-state index in [2.05, 4.69) is 20.6 Å². The summed E-state index contributed by atoms with van der Waals surface area (Å²) in [7, 11) is 1.60. The number of carbonyl (C=O) groups is 1. The second-order valence-corrected chi connectivity index (χ2v) is 5.27. The van der Waals surface area contributed by atoms with Crippen molar-refractivity contribution < 1.29 is 9.53 Å². The number of aromatic nitrogens is 2. The Bertz CT molecular complexity index is 612. The molecule has 0 spiro atoms. The number of methoxy groups -OCH3 is 1. The second kappa shape index (κ2) is 6.62. The van der Waals surface area contributed by atoms with Gasteiger partial charge in [-0.05, 0) is 24.8 Å². The molecule has 2 heterocycles. The van der Waals surface area contributed by atoms with Crippen LogP contribution in [-0.4, -0.2) is 42.7 Å². The lowest BCUT2D eigenvalue weighted by molar-refractivity contribution is -0.119. The van der Waals surface area contributed by atoms with Crippen LogP contribution >= 0.6 is 11.3 Å². The first-order valence-electron chi connectivity index (χ1n) is 6.33. The Labute approximate surface area is 121 Å². The lowest BCUT2D eigenvalue weighted by atomic mass is 10.2. The van der Waals surface area contributed by atoms with Crippen LogP contribution in [0.4, 0.5) is 5.82 Å². The zero-order valence-corrected chi connectivity index (χ0v) is 12.6. The Morgan fingerprint density at radius 2 is 2.20 bits per heavy atom. The van der Waals surface area contributed by atoms with Crippen molar-refractivity contribution in [3.63, 3.8) is 0 Å². The van der Waals surface area contributed by atoms with Crippen molar-refractivity contribution >= 4 is 33.3 Å². The van der Waals surface area contributed by atoms with E-state index in [9.17, 15) is 4.79 Å². The van der Waals surface area contributed by atoms with Crippen LogP contribution in [0.3, 0.4) is 0 Å². The average molecular weight is 294 g/mol. The SMILES string of the molecule is COCCNC(=O)CNc1nc(C)nc2scc(C)c12. The Hall–Kier alpha value is -1.73. The van der Waals surface area contributed by atoms with Crippen molar-refractivity contribution in [2.75, 3.05) is 32.1 Å². The van der Waals surface area contributed by atoms with E-state index >= 15 is 0 Å². The fraction of sp³-hybridized carbons (Fsp3) is 0.462. The van der Waals surface area contributed by atoms with E-state index in [1.54, 1.807) is 18.4 Å². The summed E-state index contributed by atoms with van der Waals surface area (Å²) in [6, 6.07) is 0. The molecule has 0 fully saturated rings. The normalized spacial score (nSPS) is 10.8. The van der Waals surface area contributed by atoms with Crippen LogP contribution in [0.2, 0.25) is 0 Å². The molecule has 2 aromatic rings. The lowest BCUT2D eigenvalue weighted by Gasteiger charge is -2.09. The summed E-state index contributed by atoms with van der Waals surface area (Å²) in [6.07, 6.45) is 0. The number of aryl methyl sites for hydroxylation is 2. The first kappa shape index (κ1) is 14.7. The van der Waals surface area contributed by atoms with E-state index in [0.717, 1.165) is 15.8 Å². The number of hydrogen-bond donors (Lipinski definition) is 2. The predicted molar refractivity (Wildman–Crippen MR) is 80.3 cm³/mol. The molecule has 0 saturated heterocycles. The summed E-state index contributed by atoms with van der Waals surface area (Å²) < 4.78 is 4.88. The standard InChI is InChI=1S/C13H18N4O2S/c1-8-7-20-13-11(8)12(16-9(2)17-13)15-6-10(18)14-4-5-19-3/h7H,4-6H2,1-3H3,(H,14,18)(H,15,16,17). The smallest absolute Gasteiger partial charge is 0.239 e. The molecule has 0 saturated carbocycles. The van der Waals surface area contributed by atoms with E-state index < -0.39 is 0 Å². The quantitative estimate of drug-likeness (QED) is 0.789. The van der Waals surface area contributed by atoms with Crippen LogP contribution in [0, 0.1) is 13.8 Å². The number of anilines is 1. The predicted octanol–water partition coefficient (Wildman–Crippen LogP) is 1.48. The van der Waals surface area contributed by atoms with Gasteiger partial charge in [-0.2, -0.15) is 0 Å². The van der Waals surface area contributed by atoms with Crippen molar-refractivity contribution in [1.29, 1.82) is 0 Å². The van der Waals surface area contributed by atoms with Gasteiger partial charge in [0.2, 0.25) is 5.91 Å². The summed E-state index contributed by atoms with van der Waals surface area (Å²) in [5.74, 6) is 1.33. The van der Waals surface area contributed by atoms with E-state index in [-0.39, 0.29) is 12.5 Å². The lowest BCUT2D eigenvalue weighted by Crippen LogP contribution is -2.32. The zero-order chi connectivity index (χ0) is 14.5. The molecule has 0 aliphatic heterocycles. The van der Waals surface area contributed by atoms with Crippen molar-refractivity contribution in [3.05, 3.63) is 16.8 Å². The van der Waals surface area contributed by atoms with Gasteiger partial charge >= 0.3 is 0 Å². The number of nitrogens with zero attached hydrogens (tertiary/aromatic N) is 2. The number of fused-ring (bicyclic) bond motifs is 1. The van der Waals surface area contributed by atoms with Gasteiger partial charge < -0.3 is 15.4 Å². The third-order valence-electron chi connectivity index (χ3n) is 2.77. The van der Waals surface area contributed by atoms with E-state index in [0.29, 0.717) is 24.8 Å². The number of carbonyl (C=O) groups excluding carboxylic acids is 1. The highest BCUT2D eigenvalue weighted by molar-refractivity contribution is 7.17. The van der Waals surface area contributed by atoms with Crippen LogP contribution < -0.4 is 10.6 Å². The monoisotopic (exact) mass is 294 g/mol. The molecule has 20 heavy (non-hydrogen) atoms. The summed E-state index contributed by atoms with van der Waals surface area (Å²) in [5.41, 5.74) is 1.12. The van der Waals surface area contributed by atoms with Gasteiger partial charge in [-0.25, -0.2) is 9.97 Å². The maximum Gasteiger partial charge on any atom is 0.239 e. The molecule has 6 nitrogen and oxygen atoms in total. The number of amides is 1. The van der Waals surface area contributed by atoms with E-state index in [1.807, 2.05) is 19.2 Å². The maximum atomic E-state index is 11.7. The molecule has 0 unspecified atom stereocenters. The van der Waals surface area contributed by atoms with Crippen LogP contribution in [0.5, 0.6) is 0 Å². The third kappa shape index (κ3) is 3.43. The number of rotatable bonds is 6. The Morgan fingerprint density at radius 3 is 2.95 bits per heavy atom. The van der Waals surface area contributed by atoms with Gasteiger partial charge in [-0.1, -0.05) is 0 Å². The van der Waals surface area contributed by atoms with Gasteiger partial charge in [-0.3, -0.25) is 4.79 Å². The maximum absolute atomic E-state index is 11.7. The minimum absolute atomic E-state index is 0.0839. The Morgan fingerprint density at radius 1 is 1.40 bits per heavy atom. The molecule has 108 valence electrons. The molecular weight excluding hydrogens is 276 g/mol. The van der Waals surface area contributed by atoms with Crippen molar-refractivity contribution in [2.45, 2.75) is 13.8 Å². The minimum atomic E-state index is -0.0839. The average Bonchev–Trinajstić information content (AvgIpc) is 2.78. The topological polar surface area (TPSA) is 76.1 Å². The molecule has 7 heteroatoms. The van der Waals surface area contributed by atoms with Crippen molar-refractivity contribution in [3.8, 4) is 0 Å².